The van der Waals surface area contributed by atoms with Crippen LogP contribution >= 0.6 is 0 Å². The highest BCUT2D eigenvalue weighted by Gasteiger charge is 2.21. The standard InChI is InChI=1S/C10H3F5N2/c11-4-1-2-16-9(7(4)14)10-8(15)6(13)5(12)3-17-10/h1-3H. The third kappa shape index (κ3) is 1.83. The number of hydrogen-bond acceptors (Lipinski definition) is 2. The number of rotatable bonds is 1. The molecule has 17 heavy (non-hydrogen) atoms. The molecule has 0 saturated carbocycles. The van der Waals surface area contributed by atoms with Gasteiger partial charge in [-0.3, -0.25) is 4.98 Å². The van der Waals surface area contributed by atoms with Crippen molar-refractivity contribution in [2.24, 2.45) is 0 Å². The van der Waals surface area contributed by atoms with Crippen molar-refractivity contribution in [2.75, 3.05) is 0 Å². The van der Waals surface area contributed by atoms with Crippen LogP contribution in [0.1, 0.15) is 0 Å². The maximum Gasteiger partial charge on any atom is 0.198 e. The molecule has 0 spiro atoms. The van der Waals surface area contributed by atoms with Crippen molar-refractivity contribution in [3.05, 3.63) is 47.5 Å². The van der Waals surface area contributed by atoms with E-state index in [0.29, 0.717) is 12.3 Å². The molecule has 0 saturated heterocycles. The maximum atomic E-state index is 13.3. The van der Waals surface area contributed by atoms with Gasteiger partial charge in [0.15, 0.2) is 29.1 Å². The lowest BCUT2D eigenvalue weighted by Gasteiger charge is -2.04. The molecule has 2 heterocycles. The first-order valence-corrected chi connectivity index (χ1v) is 4.32. The molecule has 0 aliphatic rings. The predicted molar refractivity (Wildman–Crippen MR) is 47.3 cm³/mol. The highest BCUT2D eigenvalue weighted by atomic mass is 19.2. The first-order chi connectivity index (χ1) is 8.02. The Kier molecular flexibility index (Phi) is 2.74. The van der Waals surface area contributed by atoms with Gasteiger partial charge < -0.3 is 0 Å². The summed E-state index contributed by atoms with van der Waals surface area (Å²) in [4.78, 5) is 6.49. The third-order valence-electron chi connectivity index (χ3n) is 1.98. The molecule has 0 unspecified atom stereocenters. The molecule has 0 bridgehead atoms. The van der Waals surface area contributed by atoms with Gasteiger partial charge in [0.05, 0.1) is 6.20 Å². The lowest BCUT2D eigenvalue weighted by molar-refractivity contribution is 0.441. The summed E-state index contributed by atoms with van der Waals surface area (Å²) >= 11 is 0. The van der Waals surface area contributed by atoms with Gasteiger partial charge in [-0.05, 0) is 6.07 Å². The summed E-state index contributed by atoms with van der Waals surface area (Å²) < 4.78 is 64.8. The van der Waals surface area contributed by atoms with Crippen molar-refractivity contribution in [3.63, 3.8) is 0 Å². The van der Waals surface area contributed by atoms with Gasteiger partial charge in [-0.15, -0.1) is 0 Å². The maximum absolute atomic E-state index is 13.3. The molecule has 2 aromatic rings. The largest absolute Gasteiger partial charge is 0.251 e. The van der Waals surface area contributed by atoms with E-state index < -0.39 is 40.5 Å². The van der Waals surface area contributed by atoms with Crippen molar-refractivity contribution >= 4 is 0 Å². The van der Waals surface area contributed by atoms with Crippen molar-refractivity contribution in [1.29, 1.82) is 0 Å². The van der Waals surface area contributed by atoms with Crippen molar-refractivity contribution in [1.82, 2.24) is 9.97 Å². The number of pyridine rings is 2. The molecular weight excluding hydrogens is 243 g/mol. The fourth-order valence-corrected chi connectivity index (χ4v) is 1.19. The summed E-state index contributed by atoms with van der Waals surface area (Å²) in [5.41, 5.74) is -1.71. The van der Waals surface area contributed by atoms with Crippen molar-refractivity contribution in [2.45, 2.75) is 0 Å². The zero-order valence-electron chi connectivity index (χ0n) is 8.02. The Morgan fingerprint density at radius 1 is 0.706 bits per heavy atom. The average molecular weight is 246 g/mol. The monoisotopic (exact) mass is 246 g/mol. The van der Waals surface area contributed by atoms with Gasteiger partial charge in [-0.1, -0.05) is 0 Å². The van der Waals surface area contributed by atoms with Crippen LogP contribution in [0.25, 0.3) is 11.4 Å². The summed E-state index contributed by atoms with van der Waals surface area (Å²) in [5, 5.41) is 0. The molecule has 0 N–H and O–H groups in total. The topological polar surface area (TPSA) is 25.8 Å². The molecule has 88 valence electrons. The zero-order chi connectivity index (χ0) is 12.6. The van der Waals surface area contributed by atoms with Crippen LogP contribution in [-0.4, -0.2) is 9.97 Å². The Labute approximate surface area is 91.8 Å². The molecule has 0 aliphatic heterocycles. The smallest absolute Gasteiger partial charge is 0.198 e. The minimum atomic E-state index is -1.82. The van der Waals surface area contributed by atoms with Crippen LogP contribution in [0.2, 0.25) is 0 Å². The summed E-state index contributed by atoms with van der Waals surface area (Å²) in [5.74, 6) is -7.84. The second-order valence-corrected chi connectivity index (χ2v) is 3.04. The molecule has 0 aliphatic carbocycles. The third-order valence-corrected chi connectivity index (χ3v) is 1.98. The van der Waals surface area contributed by atoms with Crippen molar-refractivity contribution in [3.8, 4) is 11.4 Å². The molecule has 0 fully saturated rings. The summed E-state index contributed by atoms with van der Waals surface area (Å²) in [6.45, 7) is 0. The minimum Gasteiger partial charge on any atom is -0.251 e. The van der Waals surface area contributed by atoms with Crippen LogP contribution in [0.3, 0.4) is 0 Å². The van der Waals surface area contributed by atoms with Crippen LogP contribution < -0.4 is 0 Å². The Balaban J connectivity index is 2.69. The molecule has 0 amide bonds. The second-order valence-electron chi connectivity index (χ2n) is 3.04. The molecule has 0 atom stereocenters. The SMILES string of the molecule is Fc1ccnc(-c2ncc(F)c(F)c2F)c1F. The Morgan fingerprint density at radius 3 is 2.06 bits per heavy atom. The highest BCUT2D eigenvalue weighted by molar-refractivity contribution is 5.55. The lowest BCUT2D eigenvalue weighted by atomic mass is 10.2. The predicted octanol–water partition coefficient (Wildman–Crippen LogP) is 2.84. The van der Waals surface area contributed by atoms with E-state index in [1.165, 1.54) is 0 Å². The van der Waals surface area contributed by atoms with E-state index in [4.69, 9.17) is 0 Å². The summed E-state index contributed by atoms with van der Waals surface area (Å²) in [6.07, 6.45) is 1.22. The van der Waals surface area contributed by atoms with E-state index in [0.717, 1.165) is 6.20 Å². The molecule has 2 aromatic heterocycles. The zero-order valence-corrected chi connectivity index (χ0v) is 8.02. The van der Waals surface area contributed by atoms with Gasteiger partial charge in [0.2, 0.25) is 0 Å². The van der Waals surface area contributed by atoms with E-state index in [-0.39, 0.29) is 0 Å². The second kappa shape index (κ2) is 4.08. The average Bonchev–Trinajstić information content (AvgIpc) is 2.31. The van der Waals surface area contributed by atoms with E-state index in [9.17, 15) is 22.0 Å². The van der Waals surface area contributed by atoms with Gasteiger partial charge in [-0.25, -0.2) is 26.9 Å². The Morgan fingerprint density at radius 2 is 1.35 bits per heavy atom. The van der Waals surface area contributed by atoms with E-state index >= 15 is 0 Å². The summed E-state index contributed by atoms with van der Waals surface area (Å²) in [6, 6.07) is 0.705. The molecule has 0 aromatic carbocycles. The molecule has 7 heteroatoms. The molecule has 2 nitrogen and oxygen atoms in total. The van der Waals surface area contributed by atoms with Crippen LogP contribution in [0, 0.1) is 29.1 Å². The van der Waals surface area contributed by atoms with Gasteiger partial charge in [-0.2, -0.15) is 0 Å². The van der Waals surface area contributed by atoms with Crippen LogP contribution in [-0.2, 0) is 0 Å². The summed E-state index contributed by atoms with van der Waals surface area (Å²) in [7, 11) is 0. The van der Waals surface area contributed by atoms with E-state index in [1.807, 2.05) is 0 Å². The van der Waals surface area contributed by atoms with Gasteiger partial charge in [0.1, 0.15) is 11.4 Å². The molecule has 2 rings (SSSR count). The van der Waals surface area contributed by atoms with Gasteiger partial charge in [0, 0.05) is 6.20 Å². The van der Waals surface area contributed by atoms with Crippen LogP contribution in [0.4, 0.5) is 22.0 Å². The minimum absolute atomic E-state index is 0.361. The lowest BCUT2D eigenvalue weighted by Crippen LogP contribution is -2.02. The number of nitrogens with zero attached hydrogens (tertiary/aromatic N) is 2. The van der Waals surface area contributed by atoms with E-state index in [2.05, 4.69) is 9.97 Å². The molecular formula is C10H3F5N2. The normalized spacial score (nSPS) is 10.6. The quantitative estimate of drug-likeness (QED) is 0.723. The number of hydrogen-bond donors (Lipinski definition) is 0. The van der Waals surface area contributed by atoms with Gasteiger partial charge in [0.25, 0.3) is 0 Å². The van der Waals surface area contributed by atoms with Crippen LogP contribution in [0.5, 0.6) is 0 Å². The van der Waals surface area contributed by atoms with Gasteiger partial charge >= 0.3 is 0 Å². The van der Waals surface area contributed by atoms with Crippen LogP contribution in [0.15, 0.2) is 18.5 Å². The Bertz CT molecular complexity index is 585. The molecule has 0 radical (unpaired) electrons. The highest BCUT2D eigenvalue weighted by Crippen LogP contribution is 2.24. The van der Waals surface area contributed by atoms with Crippen molar-refractivity contribution < 1.29 is 22.0 Å². The first kappa shape index (κ1) is 11.4. The fourth-order valence-electron chi connectivity index (χ4n) is 1.19. The first-order valence-electron chi connectivity index (χ1n) is 4.32. The fraction of sp³-hybridized carbons (Fsp3) is 0. The Hall–Kier alpha value is -2.05. The van der Waals surface area contributed by atoms with E-state index in [1.54, 1.807) is 0 Å². The number of halogens is 5. The number of aromatic nitrogens is 2.